The molecular formula is C16H17N5O4S. The molecule has 3 rings (SSSR count). The van der Waals surface area contributed by atoms with Crippen molar-refractivity contribution in [1.82, 2.24) is 14.5 Å². The average Bonchev–Trinajstić information content (AvgIpc) is 2.82. The Hall–Kier alpha value is -3.14. The summed E-state index contributed by atoms with van der Waals surface area (Å²) >= 11 is 0. The number of hydrogen-bond acceptors (Lipinski definition) is 7. The molecule has 2 aromatic heterocycles. The molecule has 5 N–H and O–H groups in total. The molecule has 0 bridgehead atoms. The lowest BCUT2D eigenvalue weighted by Gasteiger charge is -2.15. The predicted octanol–water partition coefficient (Wildman–Crippen LogP) is 0.828. The number of amides is 1. The van der Waals surface area contributed by atoms with Gasteiger partial charge in [0.25, 0.3) is 5.91 Å². The van der Waals surface area contributed by atoms with Crippen molar-refractivity contribution in [3.8, 4) is 11.4 Å². The molecule has 2 heterocycles. The molecule has 0 saturated carbocycles. The van der Waals surface area contributed by atoms with Gasteiger partial charge in [0.1, 0.15) is 11.6 Å². The zero-order chi connectivity index (χ0) is 19.4. The molecule has 0 aliphatic heterocycles. The number of fused-ring (bicyclic) bond motifs is 1. The number of phenolic OH excluding ortho intramolecular Hbond substituents is 1. The molecule has 0 unspecified atom stereocenters. The van der Waals surface area contributed by atoms with Crippen molar-refractivity contribution in [3.05, 3.63) is 35.0 Å². The van der Waals surface area contributed by atoms with E-state index in [9.17, 15) is 18.3 Å². The molecule has 26 heavy (non-hydrogen) atoms. The van der Waals surface area contributed by atoms with Crippen molar-refractivity contribution in [3.63, 3.8) is 0 Å². The zero-order valence-electron chi connectivity index (χ0n) is 14.3. The monoisotopic (exact) mass is 375 g/mol. The van der Waals surface area contributed by atoms with Gasteiger partial charge in [-0.2, -0.15) is 4.98 Å². The third-order valence-corrected chi connectivity index (χ3v) is 4.99. The highest BCUT2D eigenvalue weighted by Crippen LogP contribution is 2.35. The Bertz CT molecular complexity index is 1180. The van der Waals surface area contributed by atoms with Crippen LogP contribution in [0.4, 0.5) is 5.82 Å². The van der Waals surface area contributed by atoms with E-state index in [2.05, 4.69) is 9.97 Å². The van der Waals surface area contributed by atoms with Gasteiger partial charge in [-0.25, -0.2) is 13.4 Å². The molecular weight excluding hydrogens is 358 g/mol. The number of aromatic nitrogens is 3. The number of carbonyl (C=O) groups excluding carboxylic acids is 1. The topological polar surface area (TPSA) is 154 Å². The molecule has 0 saturated heterocycles. The number of primary amides is 1. The number of aromatic hydroxyl groups is 1. The molecule has 0 spiro atoms. The van der Waals surface area contributed by atoms with Crippen molar-refractivity contribution < 1.29 is 18.3 Å². The van der Waals surface area contributed by atoms with Crippen LogP contribution < -0.4 is 11.5 Å². The quantitative estimate of drug-likeness (QED) is 0.573. The predicted molar refractivity (Wildman–Crippen MR) is 96.0 cm³/mol. The number of phenols is 1. The van der Waals surface area contributed by atoms with Crippen molar-refractivity contribution in [2.45, 2.75) is 19.0 Å². The Kier molecular flexibility index (Phi) is 3.87. The summed E-state index contributed by atoms with van der Waals surface area (Å²) in [4.78, 5) is 19.8. The fourth-order valence-corrected chi connectivity index (χ4v) is 3.40. The highest BCUT2D eigenvalue weighted by atomic mass is 32.2. The third-order valence-electron chi connectivity index (χ3n) is 4.13. The lowest BCUT2D eigenvalue weighted by atomic mass is 10.1. The van der Waals surface area contributed by atoms with Crippen LogP contribution in [0.1, 0.15) is 21.5 Å². The second-order valence-electron chi connectivity index (χ2n) is 6.00. The molecule has 0 aliphatic rings. The van der Waals surface area contributed by atoms with Gasteiger partial charge in [-0.1, -0.05) is 6.07 Å². The molecule has 136 valence electrons. The van der Waals surface area contributed by atoms with Crippen LogP contribution in [-0.4, -0.2) is 40.2 Å². The molecule has 3 aromatic rings. The van der Waals surface area contributed by atoms with E-state index in [1.165, 1.54) is 16.8 Å². The number of rotatable bonds is 3. The highest BCUT2D eigenvalue weighted by Gasteiger charge is 2.25. The maximum atomic E-state index is 11.9. The van der Waals surface area contributed by atoms with Gasteiger partial charge in [0, 0.05) is 18.0 Å². The number of hydrogen-bond donors (Lipinski definition) is 3. The van der Waals surface area contributed by atoms with E-state index in [-0.39, 0.29) is 28.2 Å². The van der Waals surface area contributed by atoms with Gasteiger partial charge in [0.2, 0.25) is 15.0 Å². The van der Waals surface area contributed by atoms with Crippen LogP contribution in [0.2, 0.25) is 0 Å². The Morgan fingerprint density at radius 2 is 1.92 bits per heavy atom. The van der Waals surface area contributed by atoms with E-state index in [1.54, 1.807) is 19.9 Å². The smallest absolute Gasteiger partial charge is 0.253 e. The van der Waals surface area contributed by atoms with Crippen molar-refractivity contribution in [1.29, 1.82) is 0 Å². The fourth-order valence-electron chi connectivity index (χ4n) is 2.90. The van der Waals surface area contributed by atoms with Crippen LogP contribution in [0.3, 0.4) is 0 Å². The summed E-state index contributed by atoms with van der Waals surface area (Å²) in [5.41, 5.74) is 13.4. The maximum Gasteiger partial charge on any atom is 0.253 e. The zero-order valence-corrected chi connectivity index (χ0v) is 15.1. The van der Waals surface area contributed by atoms with Gasteiger partial charge in [0.05, 0.1) is 16.6 Å². The largest absolute Gasteiger partial charge is 0.508 e. The number of benzene rings is 1. The fraction of sp³-hybridized carbons (Fsp3) is 0.188. The Labute approximate surface area is 149 Å². The number of carbonyl (C=O) groups is 1. The van der Waals surface area contributed by atoms with Crippen molar-refractivity contribution in [2.24, 2.45) is 5.73 Å². The van der Waals surface area contributed by atoms with Crippen LogP contribution in [0, 0.1) is 13.8 Å². The van der Waals surface area contributed by atoms with Crippen molar-refractivity contribution >= 4 is 32.6 Å². The van der Waals surface area contributed by atoms with Gasteiger partial charge in [0.15, 0.2) is 5.65 Å². The SMILES string of the molecule is Cc1ccc(O)c(C)c1-n1c(N)c(C(N)=O)c2cnc(S(C)(=O)=O)nc21. The van der Waals surface area contributed by atoms with E-state index in [0.717, 1.165) is 11.8 Å². The maximum absolute atomic E-state index is 11.9. The molecule has 0 atom stereocenters. The first kappa shape index (κ1) is 17.7. The van der Waals surface area contributed by atoms with Gasteiger partial charge in [-0.05, 0) is 25.5 Å². The summed E-state index contributed by atoms with van der Waals surface area (Å²) in [6, 6.07) is 3.20. The summed E-state index contributed by atoms with van der Waals surface area (Å²) in [5, 5.41) is 9.89. The van der Waals surface area contributed by atoms with Gasteiger partial charge < -0.3 is 16.6 Å². The first-order valence-electron chi connectivity index (χ1n) is 7.50. The average molecular weight is 375 g/mol. The van der Waals surface area contributed by atoms with E-state index in [4.69, 9.17) is 11.5 Å². The van der Waals surface area contributed by atoms with Gasteiger partial charge in [-0.3, -0.25) is 9.36 Å². The summed E-state index contributed by atoms with van der Waals surface area (Å²) in [6.07, 6.45) is 2.18. The number of sulfone groups is 1. The molecule has 0 fully saturated rings. The number of aryl methyl sites for hydroxylation is 1. The van der Waals surface area contributed by atoms with E-state index >= 15 is 0 Å². The second kappa shape index (κ2) is 5.70. The molecule has 10 heteroatoms. The van der Waals surface area contributed by atoms with E-state index < -0.39 is 20.9 Å². The Morgan fingerprint density at radius 1 is 1.27 bits per heavy atom. The molecule has 1 amide bonds. The first-order chi connectivity index (χ1) is 12.0. The van der Waals surface area contributed by atoms with Crippen LogP contribution >= 0.6 is 0 Å². The molecule has 0 radical (unpaired) electrons. The minimum absolute atomic E-state index is 0.00995. The van der Waals surface area contributed by atoms with Crippen molar-refractivity contribution in [2.75, 3.05) is 12.0 Å². The van der Waals surface area contributed by atoms with Crippen LogP contribution in [0.15, 0.2) is 23.5 Å². The van der Waals surface area contributed by atoms with Crippen LogP contribution in [0.25, 0.3) is 16.7 Å². The highest BCUT2D eigenvalue weighted by molar-refractivity contribution is 7.90. The molecule has 0 aliphatic carbocycles. The Morgan fingerprint density at radius 3 is 2.50 bits per heavy atom. The summed E-state index contributed by atoms with van der Waals surface area (Å²) in [5.74, 6) is -0.786. The number of anilines is 1. The minimum Gasteiger partial charge on any atom is -0.508 e. The molecule has 9 nitrogen and oxygen atoms in total. The van der Waals surface area contributed by atoms with E-state index in [0.29, 0.717) is 11.3 Å². The standard InChI is InChI=1S/C16H17N5O4S/c1-7-4-5-10(22)8(2)12(7)21-13(17)11(14(18)23)9-6-19-16(20-15(9)21)26(3,24)25/h4-6,22H,17H2,1-3H3,(H2,18,23). The molecule has 1 aromatic carbocycles. The van der Waals surface area contributed by atoms with Gasteiger partial charge >= 0.3 is 0 Å². The lowest BCUT2D eigenvalue weighted by Crippen LogP contribution is -2.14. The lowest BCUT2D eigenvalue weighted by molar-refractivity contribution is 0.100. The van der Waals surface area contributed by atoms with Gasteiger partial charge in [-0.15, -0.1) is 0 Å². The summed E-state index contributed by atoms with van der Waals surface area (Å²) < 4.78 is 25.1. The van der Waals surface area contributed by atoms with Crippen LogP contribution in [0.5, 0.6) is 5.75 Å². The minimum atomic E-state index is -3.69. The number of nitrogens with two attached hydrogens (primary N) is 2. The normalized spacial score (nSPS) is 11.8. The summed E-state index contributed by atoms with van der Waals surface area (Å²) in [6.45, 7) is 3.46. The second-order valence-corrected chi connectivity index (χ2v) is 7.91. The summed E-state index contributed by atoms with van der Waals surface area (Å²) in [7, 11) is -3.69. The Balaban J connectivity index is 2.55. The number of nitrogens with zero attached hydrogens (tertiary/aromatic N) is 3. The number of nitrogen functional groups attached to an aromatic ring is 1. The third kappa shape index (κ3) is 2.54. The van der Waals surface area contributed by atoms with E-state index in [1.807, 2.05) is 0 Å². The first-order valence-corrected chi connectivity index (χ1v) is 9.39. The van der Waals surface area contributed by atoms with Crippen LogP contribution in [-0.2, 0) is 9.84 Å².